The largest absolute Gasteiger partial charge is 0.380 e. The van der Waals surface area contributed by atoms with Crippen LogP contribution in [-0.2, 0) is 4.74 Å². The molecule has 0 aromatic rings. The third-order valence-electron chi connectivity index (χ3n) is 4.34. The number of hydrogen-bond donors (Lipinski definition) is 1. The Morgan fingerprint density at radius 3 is 2.44 bits per heavy atom. The zero-order valence-electron chi connectivity index (χ0n) is 12.3. The van der Waals surface area contributed by atoms with E-state index in [1.165, 1.54) is 25.7 Å². The predicted molar refractivity (Wildman–Crippen MR) is 75.9 cm³/mol. The summed E-state index contributed by atoms with van der Waals surface area (Å²) in [5, 5.41) is 3.72. The molecule has 0 saturated carbocycles. The summed E-state index contributed by atoms with van der Waals surface area (Å²) in [6.07, 6.45) is 5.47. The van der Waals surface area contributed by atoms with Gasteiger partial charge in [-0.2, -0.15) is 0 Å². The summed E-state index contributed by atoms with van der Waals surface area (Å²) in [5.74, 6) is 0.648. The van der Waals surface area contributed by atoms with Crippen LogP contribution in [0.15, 0.2) is 0 Å². The molecule has 0 radical (unpaired) electrons. The van der Waals surface area contributed by atoms with Gasteiger partial charge >= 0.3 is 0 Å². The van der Waals surface area contributed by atoms with E-state index in [0.29, 0.717) is 5.92 Å². The number of piperidine rings is 1. The molecule has 2 aliphatic heterocycles. The van der Waals surface area contributed by atoms with Crippen LogP contribution >= 0.6 is 0 Å². The summed E-state index contributed by atoms with van der Waals surface area (Å²) in [5.41, 5.74) is 0. The summed E-state index contributed by atoms with van der Waals surface area (Å²) < 4.78 is 5.73. The SMILES string of the molecule is CCN(CCOCC(C)C)C1CC2CCC(C1)N2. The molecule has 2 saturated heterocycles. The normalized spacial score (nSPS) is 31.5. The van der Waals surface area contributed by atoms with E-state index in [1.807, 2.05) is 0 Å². The van der Waals surface area contributed by atoms with E-state index in [1.54, 1.807) is 0 Å². The van der Waals surface area contributed by atoms with Crippen molar-refractivity contribution in [1.82, 2.24) is 10.2 Å². The maximum atomic E-state index is 5.73. The first-order valence-electron chi connectivity index (χ1n) is 7.76. The molecule has 0 aliphatic carbocycles. The topological polar surface area (TPSA) is 24.5 Å². The van der Waals surface area contributed by atoms with Crippen LogP contribution in [-0.4, -0.2) is 49.3 Å². The number of hydrogen-bond acceptors (Lipinski definition) is 3. The lowest BCUT2D eigenvalue weighted by molar-refractivity contribution is 0.0631. The van der Waals surface area contributed by atoms with Gasteiger partial charge in [0.25, 0.3) is 0 Å². The highest BCUT2D eigenvalue weighted by Gasteiger charge is 2.35. The second-order valence-electron chi connectivity index (χ2n) is 6.36. The second kappa shape index (κ2) is 6.88. The van der Waals surface area contributed by atoms with Crippen molar-refractivity contribution in [3.05, 3.63) is 0 Å². The molecule has 2 heterocycles. The molecule has 106 valence electrons. The molecule has 0 aromatic carbocycles. The molecule has 2 atom stereocenters. The molecule has 1 N–H and O–H groups in total. The lowest BCUT2D eigenvalue weighted by Crippen LogP contribution is -2.49. The van der Waals surface area contributed by atoms with Gasteiger partial charge in [-0.05, 0) is 38.1 Å². The van der Waals surface area contributed by atoms with Gasteiger partial charge in [0.1, 0.15) is 0 Å². The fourth-order valence-electron chi connectivity index (χ4n) is 3.43. The maximum absolute atomic E-state index is 5.73. The van der Waals surface area contributed by atoms with Crippen molar-refractivity contribution in [3.63, 3.8) is 0 Å². The average Bonchev–Trinajstić information content (AvgIpc) is 2.68. The Morgan fingerprint density at radius 1 is 1.22 bits per heavy atom. The van der Waals surface area contributed by atoms with Crippen LogP contribution < -0.4 is 5.32 Å². The maximum Gasteiger partial charge on any atom is 0.0593 e. The number of rotatable bonds is 7. The minimum absolute atomic E-state index is 0.648. The number of nitrogens with one attached hydrogen (secondary N) is 1. The molecule has 2 aliphatic rings. The molecule has 2 unspecified atom stereocenters. The van der Waals surface area contributed by atoms with Crippen molar-refractivity contribution >= 4 is 0 Å². The van der Waals surface area contributed by atoms with E-state index in [2.05, 4.69) is 31.0 Å². The first kappa shape index (κ1) is 14.3. The lowest BCUT2D eigenvalue weighted by Gasteiger charge is -2.37. The predicted octanol–water partition coefficient (Wildman–Crippen LogP) is 2.26. The summed E-state index contributed by atoms with van der Waals surface area (Å²) in [6.45, 7) is 10.8. The average molecular weight is 254 g/mol. The monoisotopic (exact) mass is 254 g/mol. The van der Waals surface area contributed by atoms with E-state index >= 15 is 0 Å². The Balaban J connectivity index is 1.71. The van der Waals surface area contributed by atoms with Gasteiger partial charge in [0.2, 0.25) is 0 Å². The third kappa shape index (κ3) is 3.94. The first-order valence-corrected chi connectivity index (χ1v) is 7.76. The van der Waals surface area contributed by atoms with Crippen molar-refractivity contribution in [3.8, 4) is 0 Å². The highest BCUT2D eigenvalue weighted by atomic mass is 16.5. The summed E-state index contributed by atoms with van der Waals surface area (Å²) in [4.78, 5) is 2.63. The summed E-state index contributed by atoms with van der Waals surface area (Å²) >= 11 is 0. The van der Waals surface area contributed by atoms with Crippen LogP contribution in [0, 0.1) is 5.92 Å². The van der Waals surface area contributed by atoms with E-state index in [9.17, 15) is 0 Å². The van der Waals surface area contributed by atoms with Crippen LogP contribution in [0.1, 0.15) is 46.5 Å². The standard InChI is InChI=1S/C15H30N2O/c1-4-17(7-8-18-11-12(2)3)15-9-13-5-6-14(10-15)16-13/h12-16H,4-11H2,1-3H3. The van der Waals surface area contributed by atoms with E-state index in [-0.39, 0.29) is 0 Å². The Kier molecular flexibility index (Phi) is 5.46. The van der Waals surface area contributed by atoms with Crippen molar-refractivity contribution in [2.45, 2.75) is 64.6 Å². The second-order valence-corrected chi connectivity index (χ2v) is 6.36. The van der Waals surface area contributed by atoms with Crippen molar-refractivity contribution in [2.75, 3.05) is 26.3 Å². The molecule has 0 aromatic heterocycles. The minimum atomic E-state index is 0.648. The number of ether oxygens (including phenoxy) is 1. The quantitative estimate of drug-likeness (QED) is 0.705. The minimum Gasteiger partial charge on any atom is -0.380 e. The van der Waals surface area contributed by atoms with Crippen LogP contribution in [0.3, 0.4) is 0 Å². The highest BCUT2D eigenvalue weighted by Crippen LogP contribution is 2.29. The first-order chi connectivity index (χ1) is 8.69. The van der Waals surface area contributed by atoms with Crippen molar-refractivity contribution in [1.29, 1.82) is 0 Å². The van der Waals surface area contributed by atoms with Gasteiger partial charge in [-0.15, -0.1) is 0 Å². The molecule has 3 heteroatoms. The van der Waals surface area contributed by atoms with Gasteiger partial charge in [-0.25, -0.2) is 0 Å². The van der Waals surface area contributed by atoms with Gasteiger partial charge in [-0.3, -0.25) is 4.90 Å². The molecule has 2 fully saturated rings. The van der Waals surface area contributed by atoms with Gasteiger partial charge in [-0.1, -0.05) is 20.8 Å². The molecule has 0 spiro atoms. The van der Waals surface area contributed by atoms with Crippen molar-refractivity contribution < 1.29 is 4.74 Å². The van der Waals surface area contributed by atoms with Gasteiger partial charge in [0.05, 0.1) is 6.61 Å². The van der Waals surface area contributed by atoms with Crippen LogP contribution in [0.4, 0.5) is 0 Å². The molecular weight excluding hydrogens is 224 g/mol. The van der Waals surface area contributed by atoms with Crippen LogP contribution in [0.5, 0.6) is 0 Å². The van der Waals surface area contributed by atoms with Gasteiger partial charge in [0.15, 0.2) is 0 Å². The summed E-state index contributed by atoms with van der Waals surface area (Å²) in [7, 11) is 0. The van der Waals surface area contributed by atoms with E-state index in [0.717, 1.165) is 44.4 Å². The summed E-state index contributed by atoms with van der Waals surface area (Å²) in [6, 6.07) is 2.37. The van der Waals surface area contributed by atoms with Crippen LogP contribution in [0.25, 0.3) is 0 Å². The zero-order valence-corrected chi connectivity index (χ0v) is 12.3. The molecule has 0 amide bonds. The number of likely N-dealkylation sites (N-methyl/N-ethyl adjacent to an activating group) is 1. The van der Waals surface area contributed by atoms with E-state index in [4.69, 9.17) is 4.74 Å². The fourth-order valence-corrected chi connectivity index (χ4v) is 3.43. The van der Waals surface area contributed by atoms with Crippen LogP contribution in [0.2, 0.25) is 0 Å². The fraction of sp³-hybridized carbons (Fsp3) is 1.00. The Bertz CT molecular complexity index is 233. The Morgan fingerprint density at radius 2 is 1.89 bits per heavy atom. The zero-order chi connectivity index (χ0) is 13.0. The third-order valence-corrected chi connectivity index (χ3v) is 4.34. The van der Waals surface area contributed by atoms with Gasteiger partial charge < -0.3 is 10.1 Å². The van der Waals surface area contributed by atoms with E-state index < -0.39 is 0 Å². The Hall–Kier alpha value is -0.120. The molecule has 18 heavy (non-hydrogen) atoms. The van der Waals surface area contributed by atoms with Crippen molar-refractivity contribution in [2.24, 2.45) is 5.92 Å². The number of nitrogens with zero attached hydrogens (tertiary/aromatic N) is 1. The lowest BCUT2D eigenvalue weighted by atomic mass is 9.98. The number of fused-ring (bicyclic) bond motifs is 2. The van der Waals surface area contributed by atoms with Gasteiger partial charge in [0, 0.05) is 31.3 Å². The smallest absolute Gasteiger partial charge is 0.0593 e. The molecule has 2 rings (SSSR count). The highest BCUT2D eigenvalue weighted by molar-refractivity contribution is 4.95. The molecule has 2 bridgehead atoms. The Labute approximate surface area is 112 Å². The molecular formula is C15H30N2O. The molecule has 3 nitrogen and oxygen atoms in total.